The second-order valence-electron chi connectivity index (χ2n) is 6.44. The van der Waals surface area contributed by atoms with Gasteiger partial charge in [-0.1, -0.05) is 24.3 Å². The quantitative estimate of drug-likeness (QED) is 0.676. The van der Waals surface area contributed by atoms with E-state index >= 15 is 4.39 Å². The molecule has 0 fully saturated rings. The Kier molecular flexibility index (Phi) is 2.98. The van der Waals surface area contributed by atoms with E-state index in [9.17, 15) is 0 Å². The number of halogens is 1. The number of alkyl halides is 1. The minimum Gasteiger partial charge on any atom is -0.355 e. The van der Waals surface area contributed by atoms with Crippen LogP contribution in [0.5, 0.6) is 0 Å². The van der Waals surface area contributed by atoms with Gasteiger partial charge in [0.05, 0.1) is 5.52 Å². The van der Waals surface area contributed by atoms with Gasteiger partial charge < -0.3 is 9.88 Å². The molecule has 1 unspecified atom stereocenters. The highest BCUT2D eigenvalue weighted by molar-refractivity contribution is 5.93. The van der Waals surface area contributed by atoms with Gasteiger partial charge in [-0.05, 0) is 44.4 Å². The second kappa shape index (κ2) is 4.82. The van der Waals surface area contributed by atoms with E-state index in [1.165, 1.54) is 5.56 Å². The Morgan fingerprint density at radius 1 is 1.22 bits per heavy atom. The number of hydrogen-bond donors (Lipinski definition) is 1. The molecule has 0 saturated heterocycles. The Labute approximate surface area is 135 Å². The second-order valence-corrected chi connectivity index (χ2v) is 6.44. The van der Waals surface area contributed by atoms with Crippen molar-refractivity contribution < 1.29 is 4.39 Å². The third-order valence-electron chi connectivity index (χ3n) is 5.09. The number of rotatable bonds is 1. The predicted molar refractivity (Wildman–Crippen MR) is 91.5 cm³/mol. The molecule has 1 aliphatic rings. The zero-order valence-corrected chi connectivity index (χ0v) is 13.7. The third-order valence-corrected chi connectivity index (χ3v) is 5.09. The lowest BCUT2D eigenvalue weighted by molar-refractivity contribution is 0.172. The maximum atomic E-state index is 15.7. The molecule has 4 heteroatoms. The van der Waals surface area contributed by atoms with Gasteiger partial charge in [-0.25, -0.2) is 9.37 Å². The van der Waals surface area contributed by atoms with Crippen LogP contribution < -0.4 is 4.90 Å². The summed E-state index contributed by atoms with van der Waals surface area (Å²) >= 11 is 0. The Balaban J connectivity index is 1.91. The molecular weight excluding hydrogens is 289 g/mol. The molecule has 3 heterocycles. The van der Waals surface area contributed by atoms with Crippen LogP contribution in [0, 0.1) is 13.8 Å². The van der Waals surface area contributed by atoms with E-state index in [4.69, 9.17) is 0 Å². The monoisotopic (exact) mass is 309 g/mol. The van der Waals surface area contributed by atoms with Crippen molar-refractivity contribution in [3.8, 4) is 0 Å². The van der Waals surface area contributed by atoms with Gasteiger partial charge in [-0.3, -0.25) is 0 Å². The topological polar surface area (TPSA) is 31.9 Å². The number of aromatic nitrogens is 2. The summed E-state index contributed by atoms with van der Waals surface area (Å²) in [5, 5.41) is 1.11. The lowest BCUT2D eigenvalue weighted by Gasteiger charge is -2.41. The first-order valence-electron chi connectivity index (χ1n) is 7.99. The number of pyridine rings is 1. The molecule has 1 N–H and O–H groups in total. The van der Waals surface area contributed by atoms with Crippen LogP contribution in [0.15, 0.2) is 36.5 Å². The number of nitrogens with one attached hydrogen (secondary N) is 1. The molecule has 23 heavy (non-hydrogen) atoms. The zero-order chi connectivity index (χ0) is 16.2. The van der Waals surface area contributed by atoms with E-state index in [0.717, 1.165) is 34.1 Å². The highest BCUT2D eigenvalue weighted by Crippen LogP contribution is 2.41. The number of aromatic amines is 1. The van der Waals surface area contributed by atoms with Gasteiger partial charge in [-0.15, -0.1) is 0 Å². The fraction of sp³-hybridized carbons (Fsp3) is 0.316. The molecular formula is C19H20FN3. The van der Waals surface area contributed by atoms with E-state index in [-0.39, 0.29) is 0 Å². The van der Waals surface area contributed by atoms with Crippen LogP contribution >= 0.6 is 0 Å². The van der Waals surface area contributed by atoms with Crippen molar-refractivity contribution in [2.45, 2.75) is 33.0 Å². The van der Waals surface area contributed by atoms with Gasteiger partial charge in [0.2, 0.25) is 5.79 Å². The molecule has 3 aromatic rings. The molecule has 0 aliphatic carbocycles. The average Bonchev–Trinajstić information content (AvgIpc) is 2.83. The molecule has 0 amide bonds. The number of anilines is 1. The lowest BCUT2D eigenvalue weighted by atomic mass is 9.91. The summed E-state index contributed by atoms with van der Waals surface area (Å²) in [5.74, 6) is -0.874. The standard InChI is InChI=1S/C19H20FN3/c1-12-13(2)22-17-15(12)8-10-21-18(17)23-11-9-14-6-4-5-7-16(14)19(23,3)20/h4-8,10,22H,9,11H2,1-3H3. The minimum absolute atomic E-state index is 0.618. The normalized spacial score (nSPS) is 20.8. The van der Waals surface area contributed by atoms with Gasteiger partial charge in [0.1, 0.15) is 0 Å². The molecule has 1 aromatic carbocycles. The highest BCUT2D eigenvalue weighted by Gasteiger charge is 2.40. The summed E-state index contributed by atoms with van der Waals surface area (Å²) in [6, 6.07) is 9.76. The number of benzene rings is 1. The van der Waals surface area contributed by atoms with Gasteiger partial charge >= 0.3 is 0 Å². The van der Waals surface area contributed by atoms with E-state index in [2.05, 4.69) is 16.9 Å². The summed E-state index contributed by atoms with van der Waals surface area (Å²) < 4.78 is 15.7. The van der Waals surface area contributed by atoms with E-state index in [1.807, 2.05) is 37.3 Å². The molecule has 0 saturated carbocycles. The Morgan fingerprint density at radius 3 is 2.83 bits per heavy atom. The summed E-state index contributed by atoms with van der Waals surface area (Å²) in [7, 11) is 0. The molecule has 4 rings (SSSR count). The van der Waals surface area contributed by atoms with Crippen molar-refractivity contribution in [1.82, 2.24) is 9.97 Å². The summed E-state index contributed by atoms with van der Waals surface area (Å²) in [5.41, 5.74) is 5.05. The van der Waals surface area contributed by atoms with Crippen LogP contribution in [0.25, 0.3) is 10.9 Å². The van der Waals surface area contributed by atoms with Crippen LogP contribution in [0.3, 0.4) is 0 Å². The van der Waals surface area contributed by atoms with Crippen molar-refractivity contribution in [1.29, 1.82) is 0 Å². The SMILES string of the molecule is Cc1[nH]c2c(N3CCc4ccccc4C3(C)F)nccc2c1C. The summed E-state index contributed by atoms with van der Waals surface area (Å²) in [4.78, 5) is 9.68. The minimum atomic E-state index is -1.57. The fourth-order valence-corrected chi connectivity index (χ4v) is 3.65. The molecule has 0 spiro atoms. The highest BCUT2D eigenvalue weighted by atomic mass is 19.1. The zero-order valence-electron chi connectivity index (χ0n) is 13.7. The molecule has 118 valence electrons. The van der Waals surface area contributed by atoms with Crippen LogP contribution in [0.1, 0.15) is 29.3 Å². The Bertz CT molecular complexity index is 895. The Hall–Kier alpha value is -2.36. The van der Waals surface area contributed by atoms with Crippen LogP contribution in [-0.4, -0.2) is 16.5 Å². The maximum absolute atomic E-state index is 15.7. The van der Waals surface area contributed by atoms with Gasteiger partial charge in [0, 0.05) is 29.4 Å². The van der Waals surface area contributed by atoms with Crippen molar-refractivity contribution >= 4 is 16.7 Å². The number of aryl methyl sites for hydroxylation is 2. The molecule has 0 radical (unpaired) electrons. The average molecular weight is 309 g/mol. The van der Waals surface area contributed by atoms with E-state index < -0.39 is 5.79 Å². The first kappa shape index (κ1) is 14.2. The van der Waals surface area contributed by atoms with Gasteiger partial charge in [0.25, 0.3) is 0 Å². The van der Waals surface area contributed by atoms with Crippen molar-refractivity contribution in [3.63, 3.8) is 0 Å². The smallest absolute Gasteiger partial charge is 0.207 e. The van der Waals surface area contributed by atoms with Gasteiger partial charge in [-0.2, -0.15) is 0 Å². The predicted octanol–water partition coefficient (Wildman–Crippen LogP) is 4.38. The maximum Gasteiger partial charge on any atom is 0.207 e. The molecule has 1 atom stereocenters. The molecule has 0 bridgehead atoms. The molecule has 1 aliphatic heterocycles. The molecule has 2 aromatic heterocycles. The van der Waals surface area contributed by atoms with E-state index in [0.29, 0.717) is 12.4 Å². The Morgan fingerprint density at radius 2 is 2.00 bits per heavy atom. The van der Waals surface area contributed by atoms with E-state index in [1.54, 1.807) is 18.0 Å². The first-order valence-corrected chi connectivity index (χ1v) is 7.99. The van der Waals surface area contributed by atoms with Crippen molar-refractivity contribution in [2.24, 2.45) is 0 Å². The summed E-state index contributed by atoms with van der Waals surface area (Å²) in [6.45, 7) is 6.37. The number of H-pyrrole nitrogens is 1. The first-order chi connectivity index (χ1) is 11.0. The molecule has 3 nitrogen and oxygen atoms in total. The van der Waals surface area contributed by atoms with Crippen molar-refractivity contribution in [3.05, 3.63) is 58.9 Å². The number of nitrogens with zero attached hydrogens (tertiary/aromatic N) is 2. The van der Waals surface area contributed by atoms with Crippen LogP contribution in [0.4, 0.5) is 10.2 Å². The number of fused-ring (bicyclic) bond motifs is 2. The van der Waals surface area contributed by atoms with Crippen molar-refractivity contribution in [2.75, 3.05) is 11.4 Å². The van der Waals surface area contributed by atoms with Crippen LogP contribution in [-0.2, 0) is 12.2 Å². The van der Waals surface area contributed by atoms with Gasteiger partial charge in [0.15, 0.2) is 5.82 Å². The third kappa shape index (κ3) is 1.97. The van der Waals surface area contributed by atoms with Crippen LogP contribution in [0.2, 0.25) is 0 Å². The lowest BCUT2D eigenvalue weighted by Crippen LogP contribution is -2.46. The largest absolute Gasteiger partial charge is 0.355 e. The fourth-order valence-electron chi connectivity index (χ4n) is 3.65. The number of hydrogen-bond acceptors (Lipinski definition) is 2. The summed E-state index contributed by atoms with van der Waals surface area (Å²) in [6.07, 6.45) is 2.60.